The topological polar surface area (TPSA) is 95.7 Å². The van der Waals surface area contributed by atoms with Gasteiger partial charge in [0.2, 0.25) is 0 Å². The third-order valence-electron chi connectivity index (χ3n) is 5.89. The molecule has 7 nitrogen and oxygen atoms in total. The average molecular weight is 544 g/mol. The molecule has 0 radical (unpaired) electrons. The van der Waals surface area contributed by atoms with Crippen molar-refractivity contribution in [2.45, 2.75) is 25.7 Å². The minimum atomic E-state index is -1.37. The maximum Gasteiger partial charge on any atom is 0.346 e. The van der Waals surface area contributed by atoms with E-state index in [-0.39, 0.29) is 22.5 Å². The quantitative estimate of drug-likeness (QED) is 0.0966. The molecule has 0 spiro atoms. The van der Waals surface area contributed by atoms with E-state index in [2.05, 4.69) is 24.6 Å². The number of thiazole rings is 1. The van der Waals surface area contributed by atoms with Gasteiger partial charge in [0.1, 0.15) is 16.3 Å². The molecule has 2 heterocycles. The molecule has 0 aliphatic rings. The number of esters is 2. The summed E-state index contributed by atoms with van der Waals surface area (Å²) < 4.78 is 17.5. The summed E-state index contributed by atoms with van der Waals surface area (Å²) in [5, 5.41) is 1.23. The second kappa shape index (κ2) is 10.4. The molecule has 2 aromatic heterocycles. The standard InChI is InChI=1S/C29H25NO6SSi/c1-38(2,3)15-14-34-27(31)20-8-4-5-9-21(20)28(32)35-19-13-12-18-16-22(29(33)36-24(18)17-19)26-30-23-10-6-7-11-25(23)37-26/h4-13,16-17H,14-15H2,1-3H3. The molecule has 0 amide bonds. The first-order chi connectivity index (χ1) is 18.2. The van der Waals surface area contributed by atoms with Crippen LogP contribution in [0.5, 0.6) is 5.75 Å². The molecule has 0 aliphatic carbocycles. The fourth-order valence-electron chi connectivity index (χ4n) is 3.82. The molecule has 3 aromatic carbocycles. The van der Waals surface area contributed by atoms with E-state index in [4.69, 9.17) is 13.9 Å². The molecule has 192 valence electrons. The Balaban J connectivity index is 1.37. The van der Waals surface area contributed by atoms with Crippen molar-refractivity contribution < 1.29 is 23.5 Å². The van der Waals surface area contributed by atoms with Gasteiger partial charge in [0.15, 0.2) is 0 Å². The molecular formula is C29H25NO6SSi. The van der Waals surface area contributed by atoms with Crippen LogP contribution in [0, 0.1) is 0 Å². The van der Waals surface area contributed by atoms with E-state index in [1.165, 1.54) is 29.5 Å². The van der Waals surface area contributed by atoms with Gasteiger partial charge in [0.25, 0.3) is 0 Å². The number of hydrogen-bond acceptors (Lipinski definition) is 8. The summed E-state index contributed by atoms with van der Waals surface area (Å²) in [5.41, 5.74) is 1.15. The Kier molecular flexibility index (Phi) is 6.96. The highest BCUT2D eigenvalue weighted by Crippen LogP contribution is 2.30. The van der Waals surface area contributed by atoms with Crippen molar-refractivity contribution in [1.82, 2.24) is 4.98 Å². The molecule has 0 fully saturated rings. The second-order valence-electron chi connectivity index (χ2n) is 10.0. The zero-order chi connectivity index (χ0) is 26.9. The average Bonchev–Trinajstić information content (AvgIpc) is 3.31. The zero-order valence-corrected chi connectivity index (χ0v) is 23.0. The van der Waals surface area contributed by atoms with Crippen LogP contribution in [0.3, 0.4) is 0 Å². The van der Waals surface area contributed by atoms with Crippen molar-refractivity contribution in [2.75, 3.05) is 6.61 Å². The zero-order valence-electron chi connectivity index (χ0n) is 21.1. The monoisotopic (exact) mass is 543 g/mol. The van der Waals surface area contributed by atoms with E-state index < -0.39 is 25.6 Å². The largest absolute Gasteiger partial charge is 0.462 e. The van der Waals surface area contributed by atoms with Gasteiger partial charge in [-0.1, -0.05) is 43.9 Å². The maximum absolute atomic E-state index is 13.0. The van der Waals surface area contributed by atoms with Crippen LogP contribution in [0.1, 0.15) is 20.7 Å². The molecule has 0 aliphatic heterocycles. The summed E-state index contributed by atoms with van der Waals surface area (Å²) in [5.74, 6) is -1.10. The number of aromatic nitrogens is 1. The Bertz CT molecular complexity index is 1700. The number of nitrogens with zero attached hydrogens (tertiary/aromatic N) is 1. The highest BCUT2D eigenvalue weighted by Gasteiger charge is 2.21. The third-order valence-corrected chi connectivity index (χ3v) is 8.67. The number of hydrogen-bond donors (Lipinski definition) is 0. The Morgan fingerprint density at radius 3 is 2.37 bits per heavy atom. The second-order valence-corrected chi connectivity index (χ2v) is 16.7. The van der Waals surface area contributed by atoms with Gasteiger partial charge in [0, 0.05) is 19.5 Å². The molecule has 0 atom stereocenters. The van der Waals surface area contributed by atoms with Gasteiger partial charge in [0.05, 0.1) is 33.5 Å². The number of benzene rings is 3. The van der Waals surface area contributed by atoms with Gasteiger partial charge >= 0.3 is 17.6 Å². The molecule has 5 aromatic rings. The van der Waals surface area contributed by atoms with E-state index in [1.807, 2.05) is 24.3 Å². The van der Waals surface area contributed by atoms with Gasteiger partial charge in [-0.25, -0.2) is 19.4 Å². The summed E-state index contributed by atoms with van der Waals surface area (Å²) in [6.45, 7) is 6.89. The highest BCUT2D eigenvalue weighted by molar-refractivity contribution is 7.21. The van der Waals surface area contributed by atoms with Gasteiger partial charge in [-0.3, -0.25) is 0 Å². The Morgan fingerprint density at radius 2 is 1.63 bits per heavy atom. The lowest BCUT2D eigenvalue weighted by Crippen LogP contribution is -2.23. The predicted molar refractivity (Wildman–Crippen MR) is 151 cm³/mol. The van der Waals surface area contributed by atoms with Crippen LogP contribution in [0.2, 0.25) is 25.7 Å². The maximum atomic E-state index is 13.0. The molecule has 0 saturated heterocycles. The lowest BCUT2D eigenvalue weighted by atomic mass is 10.1. The Labute approximate surface area is 223 Å². The van der Waals surface area contributed by atoms with Crippen molar-refractivity contribution in [1.29, 1.82) is 0 Å². The van der Waals surface area contributed by atoms with Gasteiger partial charge in [-0.15, -0.1) is 11.3 Å². The van der Waals surface area contributed by atoms with Crippen molar-refractivity contribution in [3.8, 4) is 16.3 Å². The molecule has 0 unspecified atom stereocenters. The van der Waals surface area contributed by atoms with E-state index in [1.54, 1.807) is 30.3 Å². The molecule has 0 bridgehead atoms. The van der Waals surface area contributed by atoms with E-state index >= 15 is 0 Å². The van der Waals surface area contributed by atoms with Crippen LogP contribution >= 0.6 is 11.3 Å². The minimum absolute atomic E-state index is 0.0956. The summed E-state index contributed by atoms with van der Waals surface area (Å²) >= 11 is 1.42. The molecule has 0 saturated carbocycles. The summed E-state index contributed by atoms with van der Waals surface area (Å²) in [6.07, 6.45) is 0. The number of carbonyl (C=O) groups is 2. The molecule has 38 heavy (non-hydrogen) atoms. The van der Waals surface area contributed by atoms with E-state index in [0.29, 0.717) is 22.6 Å². The lowest BCUT2D eigenvalue weighted by molar-refractivity contribution is 0.0516. The van der Waals surface area contributed by atoms with Crippen LogP contribution in [0.4, 0.5) is 0 Å². The minimum Gasteiger partial charge on any atom is -0.462 e. The fraction of sp³-hybridized carbons (Fsp3) is 0.172. The highest BCUT2D eigenvalue weighted by atomic mass is 32.1. The number of fused-ring (bicyclic) bond motifs is 2. The SMILES string of the molecule is C[Si](C)(C)CCOC(=O)c1ccccc1C(=O)Oc1ccc2cc(-c3nc4ccccc4s3)c(=O)oc2c1. The molecule has 5 rings (SSSR count). The number of para-hydroxylation sites is 1. The van der Waals surface area contributed by atoms with Crippen molar-refractivity contribution in [3.63, 3.8) is 0 Å². The molecule has 9 heteroatoms. The first-order valence-corrected chi connectivity index (χ1v) is 16.6. The van der Waals surface area contributed by atoms with E-state index in [0.717, 1.165) is 16.3 Å². The summed E-state index contributed by atoms with van der Waals surface area (Å²) in [6, 6.07) is 21.4. The molecule has 0 N–H and O–H groups in total. The van der Waals surface area contributed by atoms with Crippen LogP contribution in [0.15, 0.2) is 82.0 Å². The number of rotatable bonds is 7. The van der Waals surface area contributed by atoms with Crippen LogP contribution in [-0.4, -0.2) is 31.6 Å². The fourth-order valence-corrected chi connectivity index (χ4v) is 5.50. The smallest absolute Gasteiger partial charge is 0.346 e. The number of ether oxygens (including phenoxy) is 2. The van der Waals surface area contributed by atoms with Crippen molar-refractivity contribution in [3.05, 3.63) is 94.3 Å². The van der Waals surface area contributed by atoms with Gasteiger partial charge in [-0.05, 0) is 48.5 Å². The lowest BCUT2D eigenvalue weighted by Gasteiger charge is -2.15. The van der Waals surface area contributed by atoms with Crippen LogP contribution in [-0.2, 0) is 4.74 Å². The van der Waals surface area contributed by atoms with Crippen LogP contribution < -0.4 is 10.4 Å². The van der Waals surface area contributed by atoms with Gasteiger partial charge < -0.3 is 13.9 Å². The Morgan fingerprint density at radius 1 is 0.921 bits per heavy atom. The predicted octanol–water partition coefficient (Wildman–Crippen LogP) is 6.78. The summed E-state index contributed by atoms with van der Waals surface area (Å²) in [4.78, 5) is 43.0. The van der Waals surface area contributed by atoms with Crippen molar-refractivity contribution >= 4 is 52.5 Å². The first-order valence-electron chi connectivity index (χ1n) is 12.1. The number of carbonyl (C=O) groups excluding carboxylic acids is 2. The van der Waals surface area contributed by atoms with Crippen LogP contribution in [0.25, 0.3) is 31.8 Å². The van der Waals surface area contributed by atoms with Gasteiger partial charge in [-0.2, -0.15) is 0 Å². The van der Waals surface area contributed by atoms with E-state index in [9.17, 15) is 14.4 Å². The normalized spacial score (nSPS) is 11.6. The first kappa shape index (κ1) is 25.6. The third kappa shape index (κ3) is 5.58. The Hall–Kier alpha value is -4.08. The summed E-state index contributed by atoms with van der Waals surface area (Å²) in [7, 11) is -1.37. The van der Waals surface area contributed by atoms with Crippen molar-refractivity contribution in [2.24, 2.45) is 0 Å². The molecular weight excluding hydrogens is 518 g/mol.